The highest BCUT2D eigenvalue weighted by Gasteiger charge is 2.67. The normalized spacial score (nSPS) is 32.5. The van der Waals surface area contributed by atoms with Gasteiger partial charge in [0.25, 0.3) is 5.91 Å². The Morgan fingerprint density at radius 3 is 2.41 bits per heavy atom. The third kappa shape index (κ3) is 8.56. The van der Waals surface area contributed by atoms with Gasteiger partial charge in [-0.15, -0.1) is 0 Å². The van der Waals surface area contributed by atoms with E-state index in [0.717, 1.165) is 25.7 Å². The van der Waals surface area contributed by atoms with Crippen LogP contribution in [0.15, 0.2) is 18.2 Å². The Morgan fingerprint density at radius 2 is 1.75 bits per heavy atom. The third-order valence-electron chi connectivity index (χ3n) is 13.2. The molecule has 3 N–H and O–H groups in total. The molecule has 1 saturated heterocycles. The number of amides is 4. The summed E-state index contributed by atoms with van der Waals surface area (Å²) in [5.41, 5.74) is -2.03. The molecule has 5 aliphatic rings. The lowest BCUT2D eigenvalue weighted by Gasteiger charge is -2.36. The van der Waals surface area contributed by atoms with Gasteiger partial charge in [-0.2, -0.15) is 0 Å². The number of alkyl halides is 2. The van der Waals surface area contributed by atoms with Crippen LogP contribution in [0.2, 0.25) is 0 Å². The number of aromatic nitrogens is 2. The highest BCUT2D eigenvalue weighted by molar-refractivity contribution is 7.91. The van der Waals surface area contributed by atoms with Crippen LogP contribution in [0.1, 0.15) is 105 Å². The van der Waals surface area contributed by atoms with Gasteiger partial charge in [0.15, 0.2) is 0 Å². The number of nitrogens with one attached hydrogen (secondary N) is 3. The summed E-state index contributed by atoms with van der Waals surface area (Å²) < 4.78 is 82.4. The quantitative estimate of drug-likeness (QED) is 0.350. The number of hydrogen-bond acceptors (Lipinski definition) is 10. The summed E-state index contributed by atoms with van der Waals surface area (Å²) in [6.07, 6.45) is 0.0669. The Bertz CT molecular complexity index is 2110. The van der Waals surface area contributed by atoms with Crippen molar-refractivity contribution >= 4 is 44.9 Å². The Hall–Kier alpha value is -4.22. The molecule has 3 aliphatic carbocycles. The van der Waals surface area contributed by atoms with Crippen molar-refractivity contribution in [3.8, 4) is 5.88 Å². The van der Waals surface area contributed by atoms with Crippen molar-refractivity contribution in [3.63, 3.8) is 0 Å². The zero-order valence-electron chi connectivity index (χ0n) is 34.4. The summed E-state index contributed by atoms with van der Waals surface area (Å²) >= 11 is 0. The van der Waals surface area contributed by atoms with Crippen molar-refractivity contribution in [2.24, 2.45) is 29.1 Å². The van der Waals surface area contributed by atoms with Gasteiger partial charge in [-0.3, -0.25) is 19.1 Å². The Labute approximate surface area is 342 Å². The first kappa shape index (κ1) is 42.9. The zero-order chi connectivity index (χ0) is 42.8. The summed E-state index contributed by atoms with van der Waals surface area (Å²) in [6, 6.07) is 1.34. The Balaban J connectivity index is 1.26. The van der Waals surface area contributed by atoms with Crippen molar-refractivity contribution in [3.05, 3.63) is 29.7 Å². The summed E-state index contributed by atoms with van der Waals surface area (Å²) in [5, 5.41) is 5.23. The van der Waals surface area contributed by atoms with Crippen molar-refractivity contribution in [2.45, 2.75) is 147 Å². The molecule has 0 unspecified atom stereocenters. The predicted octanol–water partition coefficient (Wildman–Crippen LogP) is 5.17. The number of carbonyl (C=O) groups excluding carboxylic acids is 4. The first-order valence-electron chi connectivity index (χ1n) is 20.7. The van der Waals surface area contributed by atoms with Crippen molar-refractivity contribution in [1.82, 2.24) is 30.2 Å². The fraction of sp³-hybridized carbons (Fsp3) is 0.707. The molecule has 18 heteroatoms. The molecule has 2 aliphatic heterocycles. The maximum atomic E-state index is 14.9. The molecule has 0 radical (unpaired) electrons. The molecule has 2 aromatic rings. The van der Waals surface area contributed by atoms with Crippen molar-refractivity contribution < 1.29 is 50.2 Å². The van der Waals surface area contributed by atoms with Crippen LogP contribution in [0.4, 0.5) is 18.0 Å². The van der Waals surface area contributed by atoms with Crippen LogP contribution in [-0.4, -0.2) is 94.6 Å². The number of halogens is 3. The average Bonchev–Trinajstić information content (AvgIpc) is 4.01. The van der Waals surface area contributed by atoms with Gasteiger partial charge in [-0.1, -0.05) is 47.5 Å². The number of benzene rings is 1. The first-order valence-corrected chi connectivity index (χ1v) is 22.2. The number of sulfonamides is 1. The second kappa shape index (κ2) is 15.7. The summed E-state index contributed by atoms with van der Waals surface area (Å²) in [4.78, 5) is 67.3. The molecule has 4 amide bonds. The van der Waals surface area contributed by atoms with Crippen LogP contribution < -0.4 is 20.1 Å². The number of hydrogen-bond donors (Lipinski definition) is 3. The minimum absolute atomic E-state index is 0.0860. The van der Waals surface area contributed by atoms with Gasteiger partial charge in [-0.05, 0) is 87.7 Å². The number of fused-ring (bicyclic) bond motifs is 5. The van der Waals surface area contributed by atoms with E-state index in [2.05, 4.69) is 22.5 Å². The van der Waals surface area contributed by atoms with Gasteiger partial charge >= 0.3 is 6.09 Å². The van der Waals surface area contributed by atoms with E-state index in [1.54, 1.807) is 27.7 Å². The molecule has 3 saturated carbocycles. The van der Waals surface area contributed by atoms with Gasteiger partial charge in [0, 0.05) is 12.0 Å². The lowest BCUT2D eigenvalue weighted by molar-refractivity contribution is -0.143. The van der Waals surface area contributed by atoms with E-state index in [4.69, 9.17) is 14.5 Å². The Morgan fingerprint density at radius 1 is 1.02 bits per heavy atom. The molecule has 2 bridgehead atoms. The molecule has 3 heterocycles. The van der Waals surface area contributed by atoms with Crippen LogP contribution in [-0.2, 0) is 35.6 Å². The predicted molar refractivity (Wildman–Crippen MR) is 209 cm³/mol. The van der Waals surface area contributed by atoms with Crippen LogP contribution >= 0.6 is 0 Å². The topological polar surface area (TPSA) is 186 Å². The molecule has 1 aromatic carbocycles. The molecule has 9 atom stereocenters. The highest BCUT2D eigenvalue weighted by Crippen LogP contribution is 2.50. The molecule has 324 valence electrons. The minimum Gasteiger partial charge on any atom is -0.471 e. The Kier molecular flexibility index (Phi) is 11.4. The van der Waals surface area contributed by atoms with Gasteiger partial charge in [-0.25, -0.2) is 36.4 Å². The van der Waals surface area contributed by atoms with Gasteiger partial charge in [0.1, 0.15) is 41.3 Å². The SMILES string of the molecule is C[C@@H]1C[C@H]2CCCCCc3nc4ccc(F)cc4nc3O[C@H]3CN(C(=O)[C@H](C(C)(C)C)NC(=O)O[C@@H]2C1)[C@H](C(=O)N[C@]1(C(=O)NS(=O)(=O)C2(C)CC2)C[C@H]1C(F)F)[C@@H]3C. The molecule has 4 fully saturated rings. The van der Waals surface area contributed by atoms with Crippen LogP contribution in [0.25, 0.3) is 11.0 Å². The number of alkyl carbamates (subject to hydrolysis) is 1. The fourth-order valence-corrected chi connectivity index (χ4v) is 10.4. The first-order chi connectivity index (χ1) is 27.6. The molecule has 59 heavy (non-hydrogen) atoms. The lowest BCUT2D eigenvalue weighted by Crippen LogP contribution is -2.61. The van der Waals surface area contributed by atoms with E-state index >= 15 is 0 Å². The molecule has 7 rings (SSSR count). The standard InChI is InChI=1S/C41H55F3N6O8S/c1-21-16-23-10-8-7-9-11-27-35(46-28-18-24(42)12-13-26(28)45-27)57-30-20-50(36(52)32(39(3,4)5)47-38(54)58-29(23)17-21)31(22(30)2)34(51)48-41(19-25(41)33(43)44)37(53)49-59(55,56)40(6)14-15-40/h12-13,18,21-23,25,29-33H,7-11,14-17,19-20H2,1-6H3,(H,47,54)(H,48,51)(H,49,53)/t21-,22-,23-,25+,29-,30+,31+,32-,41-/m1/s1. The molecule has 14 nitrogen and oxygen atoms in total. The van der Waals surface area contributed by atoms with E-state index in [9.17, 15) is 40.8 Å². The van der Waals surface area contributed by atoms with Crippen LogP contribution in [0, 0.1) is 34.9 Å². The minimum atomic E-state index is -4.26. The number of carbonyl (C=O) groups is 4. The molecule has 0 spiro atoms. The second-order valence-electron chi connectivity index (χ2n) is 18.9. The smallest absolute Gasteiger partial charge is 0.408 e. The van der Waals surface area contributed by atoms with E-state index < -0.39 is 98.2 Å². The number of aryl methyl sites for hydroxylation is 1. The number of ether oxygens (including phenoxy) is 2. The van der Waals surface area contributed by atoms with Gasteiger partial charge < -0.3 is 25.0 Å². The molecular formula is C41H55F3N6O8S. The van der Waals surface area contributed by atoms with Crippen LogP contribution in [0.3, 0.4) is 0 Å². The maximum absolute atomic E-state index is 14.9. The molecular weight excluding hydrogens is 794 g/mol. The van der Waals surface area contributed by atoms with E-state index in [1.807, 2.05) is 4.72 Å². The zero-order valence-corrected chi connectivity index (χ0v) is 35.2. The average molecular weight is 849 g/mol. The van der Waals surface area contributed by atoms with Crippen molar-refractivity contribution in [1.29, 1.82) is 0 Å². The van der Waals surface area contributed by atoms with Crippen LogP contribution in [0.5, 0.6) is 5.88 Å². The number of nitrogens with zero attached hydrogens (tertiary/aromatic N) is 3. The summed E-state index contributed by atoms with van der Waals surface area (Å²) in [5.74, 6) is -5.54. The van der Waals surface area contributed by atoms with E-state index in [0.29, 0.717) is 36.4 Å². The monoisotopic (exact) mass is 848 g/mol. The van der Waals surface area contributed by atoms with E-state index in [-0.39, 0.29) is 42.8 Å². The third-order valence-corrected chi connectivity index (χ3v) is 15.3. The maximum Gasteiger partial charge on any atom is 0.408 e. The highest BCUT2D eigenvalue weighted by atomic mass is 32.2. The molecule has 1 aromatic heterocycles. The largest absolute Gasteiger partial charge is 0.471 e. The van der Waals surface area contributed by atoms with Gasteiger partial charge in [0.2, 0.25) is 34.1 Å². The van der Waals surface area contributed by atoms with E-state index in [1.165, 1.54) is 30.0 Å². The van der Waals surface area contributed by atoms with Gasteiger partial charge in [0.05, 0.1) is 28.2 Å². The second-order valence-corrected chi connectivity index (χ2v) is 21.1. The summed E-state index contributed by atoms with van der Waals surface area (Å²) in [7, 11) is -4.26. The lowest BCUT2D eigenvalue weighted by atomic mass is 9.85. The summed E-state index contributed by atoms with van der Waals surface area (Å²) in [6.45, 7) is 10.1. The number of rotatable bonds is 6. The van der Waals surface area contributed by atoms with Crippen molar-refractivity contribution in [2.75, 3.05) is 6.54 Å². The fourth-order valence-electron chi connectivity index (χ4n) is 9.07.